The highest BCUT2D eigenvalue weighted by molar-refractivity contribution is 5.27. The Labute approximate surface area is 77.8 Å². The van der Waals surface area contributed by atoms with E-state index in [0.717, 1.165) is 11.1 Å². The molecule has 1 atom stereocenters. The second-order valence-corrected chi connectivity index (χ2v) is 3.43. The monoisotopic (exact) mass is 181 g/mol. The fourth-order valence-corrected chi connectivity index (χ4v) is 1.08. The quantitative estimate of drug-likeness (QED) is 0.630. The Morgan fingerprint density at radius 3 is 2.15 bits per heavy atom. The number of hydrogen-bond acceptors (Lipinski definition) is 3. The Balaban J connectivity index is 2.92. The van der Waals surface area contributed by atoms with Crippen molar-refractivity contribution in [1.82, 2.24) is 0 Å². The molecule has 0 aliphatic carbocycles. The summed E-state index contributed by atoms with van der Waals surface area (Å²) in [6.07, 6.45) is 0. The predicted molar refractivity (Wildman–Crippen MR) is 51.0 cm³/mol. The summed E-state index contributed by atoms with van der Waals surface area (Å²) in [5, 5.41) is 17.8. The SMILES string of the molecule is C[C@](N)(CO)c1ccc(CO)cc1. The first-order valence-electron chi connectivity index (χ1n) is 4.20. The van der Waals surface area contributed by atoms with E-state index in [1.807, 2.05) is 12.1 Å². The van der Waals surface area contributed by atoms with Crippen LogP contribution in [0, 0.1) is 0 Å². The van der Waals surface area contributed by atoms with Gasteiger partial charge in [-0.05, 0) is 18.1 Å². The molecular weight excluding hydrogens is 166 g/mol. The Morgan fingerprint density at radius 1 is 1.23 bits per heavy atom. The minimum atomic E-state index is -0.700. The van der Waals surface area contributed by atoms with Crippen molar-refractivity contribution in [1.29, 1.82) is 0 Å². The van der Waals surface area contributed by atoms with Crippen LogP contribution >= 0.6 is 0 Å². The van der Waals surface area contributed by atoms with Crippen LogP contribution < -0.4 is 5.73 Å². The van der Waals surface area contributed by atoms with Crippen molar-refractivity contribution in [2.75, 3.05) is 6.61 Å². The van der Waals surface area contributed by atoms with Gasteiger partial charge in [-0.15, -0.1) is 0 Å². The molecule has 72 valence electrons. The predicted octanol–water partition coefficient (Wildman–Crippen LogP) is 0.345. The van der Waals surface area contributed by atoms with Gasteiger partial charge in [-0.2, -0.15) is 0 Å². The first-order chi connectivity index (χ1) is 6.10. The normalized spacial score (nSPS) is 15.4. The lowest BCUT2D eigenvalue weighted by atomic mass is 9.93. The highest BCUT2D eigenvalue weighted by Crippen LogP contribution is 2.17. The maximum Gasteiger partial charge on any atom is 0.0681 e. The molecule has 0 saturated carbocycles. The zero-order valence-corrected chi connectivity index (χ0v) is 7.70. The molecule has 0 saturated heterocycles. The molecule has 0 aliphatic heterocycles. The summed E-state index contributed by atoms with van der Waals surface area (Å²) in [5.41, 5.74) is 6.83. The first kappa shape index (κ1) is 10.2. The van der Waals surface area contributed by atoms with Crippen LogP contribution in [-0.4, -0.2) is 16.8 Å². The summed E-state index contributed by atoms with van der Waals surface area (Å²) in [6.45, 7) is 1.70. The largest absolute Gasteiger partial charge is 0.394 e. The number of nitrogens with two attached hydrogens (primary N) is 1. The summed E-state index contributed by atoms with van der Waals surface area (Å²) in [5.74, 6) is 0. The zero-order valence-electron chi connectivity index (χ0n) is 7.70. The lowest BCUT2D eigenvalue weighted by Crippen LogP contribution is -2.36. The second kappa shape index (κ2) is 3.87. The molecule has 0 fully saturated rings. The molecule has 4 N–H and O–H groups in total. The fraction of sp³-hybridized carbons (Fsp3) is 0.400. The third-order valence-corrected chi connectivity index (χ3v) is 2.12. The molecule has 0 heterocycles. The summed E-state index contributed by atoms with van der Waals surface area (Å²) in [7, 11) is 0. The number of aliphatic hydroxyl groups is 2. The molecule has 1 aromatic carbocycles. The second-order valence-electron chi connectivity index (χ2n) is 3.43. The van der Waals surface area contributed by atoms with Gasteiger partial charge in [0.05, 0.1) is 18.8 Å². The summed E-state index contributed by atoms with van der Waals surface area (Å²) >= 11 is 0. The van der Waals surface area contributed by atoms with Gasteiger partial charge < -0.3 is 15.9 Å². The van der Waals surface area contributed by atoms with Gasteiger partial charge in [0.15, 0.2) is 0 Å². The van der Waals surface area contributed by atoms with Gasteiger partial charge in [0.25, 0.3) is 0 Å². The van der Waals surface area contributed by atoms with Crippen LogP contribution in [-0.2, 0) is 12.1 Å². The summed E-state index contributed by atoms with van der Waals surface area (Å²) in [4.78, 5) is 0. The van der Waals surface area contributed by atoms with Gasteiger partial charge in [-0.25, -0.2) is 0 Å². The van der Waals surface area contributed by atoms with Gasteiger partial charge >= 0.3 is 0 Å². The van der Waals surface area contributed by atoms with Crippen LogP contribution in [0.4, 0.5) is 0 Å². The molecule has 0 spiro atoms. The average Bonchev–Trinajstić information content (AvgIpc) is 2.18. The number of aliphatic hydroxyl groups excluding tert-OH is 2. The van der Waals surface area contributed by atoms with Gasteiger partial charge in [0, 0.05) is 0 Å². The van der Waals surface area contributed by atoms with Crippen LogP contribution in [0.1, 0.15) is 18.1 Å². The van der Waals surface area contributed by atoms with E-state index in [4.69, 9.17) is 15.9 Å². The Hall–Kier alpha value is -0.900. The number of hydrogen-bond donors (Lipinski definition) is 3. The third kappa shape index (κ3) is 2.28. The topological polar surface area (TPSA) is 66.5 Å². The van der Waals surface area contributed by atoms with Crippen molar-refractivity contribution in [3.05, 3.63) is 35.4 Å². The van der Waals surface area contributed by atoms with E-state index in [1.165, 1.54) is 0 Å². The molecule has 1 rings (SSSR count). The van der Waals surface area contributed by atoms with Crippen molar-refractivity contribution in [2.45, 2.75) is 19.1 Å². The van der Waals surface area contributed by atoms with Gasteiger partial charge in [0.1, 0.15) is 0 Å². The molecule has 0 radical (unpaired) electrons. The minimum absolute atomic E-state index is 0.0285. The minimum Gasteiger partial charge on any atom is -0.394 e. The van der Waals surface area contributed by atoms with E-state index in [0.29, 0.717) is 0 Å². The molecule has 0 aromatic heterocycles. The molecule has 0 bridgehead atoms. The standard InChI is InChI=1S/C10H15NO2/c1-10(11,7-13)9-4-2-8(6-12)3-5-9/h2-5,12-13H,6-7,11H2,1H3/t10-/m0/s1. The molecule has 3 nitrogen and oxygen atoms in total. The first-order valence-corrected chi connectivity index (χ1v) is 4.20. The molecular formula is C10H15NO2. The van der Waals surface area contributed by atoms with Crippen molar-refractivity contribution in [3.63, 3.8) is 0 Å². The lowest BCUT2D eigenvalue weighted by Gasteiger charge is -2.22. The van der Waals surface area contributed by atoms with E-state index in [-0.39, 0.29) is 13.2 Å². The highest BCUT2D eigenvalue weighted by atomic mass is 16.3. The Kier molecular flexibility index (Phi) is 3.03. The molecule has 0 aliphatic rings. The van der Waals surface area contributed by atoms with Crippen LogP contribution in [0.15, 0.2) is 24.3 Å². The molecule has 13 heavy (non-hydrogen) atoms. The Morgan fingerprint density at radius 2 is 1.77 bits per heavy atom. The van der Waals surface area contributed by atoms with E-state index >= 15 is 0 Å². The van der Waals surface area contributed by atoms with E-state index < -0.39 is 5.54 Å². The van der Waals surface area contributed by atoms with Gasteiger partial charge in [-0.3, -0.25) is 0 Å². The van der Waals surface area contributed by atoms with Crippen LogP contribution in [0.25, 0.3) is 0 Å². The third-order valence-electron chi connectivity index (χ3n) is 2.12. The maximum atomic E-state index is 9.00. The van der Waals surface area contributed by atoms with Gasteiger partial charge in [0.2, 0.25) is 0 Å². The van der Waals surface area contributed by atoms with E-state index in [9.17, 15) is 0 Å². The van der Waals surface area contributed by atoms with Crippen molar-refractivity contribution < 1.29 is 10.2 Å². The fourth-order valence-electron chi connectivity index (χ4n) is 1.08. The molecule has 0 unspecified atom stereocenters. The lowest BCUT2D eigenvalue weighted by molar-refractivity contribution is 0.210. The van der Waals surface area contributed by atoms with Crippen LogP contribution in [0.3, 0.4) is 0 Å². The van der Waals surface area contributed by atoms with Crippen molar-refractivity contribution in [2.24, 2.45) is 5.73 Å². The average molecular weight is 181 g/mol. The van der Waals surface area contributed by atoms with Crippen molar-refractivity contribution in [3.8, 4) is 0 Å². The molecule has 0 amide bonds. The van der Waals surface area contributed by atoms with Crippen LogP contribution in [0.5, 0.6) is 0 Å². The number of benzene rings is 1. The van der Waals surface area contributed by atoms with Crippen LogP contribution in [0.2, 0.25) is 0 Å². The summed E-state index contributed by atoms with van der Waals surface area (Å²) in [6, 6.07) is 7.25. The molecule has 3 heteroatoms. The zero-order chi connectivity index (χ0) is 9.90. The van der Waals surface area contributed by atoms with E-state index in [2.05, 4.69) is 0 Å². The smallest absolute Gasteiger partial charge is 0.0681 e. The van der Waals surface area contributed by atoms with Gasteiger partial charge in [-0.1, -0.05) is 24.3 Å². The number of rotatable bonds is 3. The van der Waals surface area contributed by atoms with Crippen molar-refractivity contribution >= 4 is 0 Å². The summed E-state index contributed by atoms with van der Waals surface area (Å²) < 4.78 is 0. The van der Waals surface area contributed by atoms with E-state index in [1.54, 1.807) is 19.1 Å². The highest BCUT2D eigenvalue weighted by Gasteiger charge is 2.19. The maximum absolute atomic E-state index is 9.00. The Bertz CT molecular complexity index is 267. The molecule has 1 aromatic rings.